The minimum atomic E-state index is -1.42. The molecule has 32 heavy (non-hydrogen) atoms. The zero-order valence-corrected chi connectivity index (χ0v) is 19.7. The maximum Gasteiger partial charge on any atom is 0.345 e. The summed E-state index contributed by atoms with van der Waals surface area (Å²) in [6.45, 7) is 0.639. The number of hydrogen-bond donors (Lipinski definition) is 0. The molecule has 0 fully saturated rings. The molecule has 0 aliphatic carbocycles. The number of benzene rings is 2. The molecule has 170 valence electrons. The second-order valence-corrected chi connectivity index (χ2v) is 8.40. The quantitative estimate of drug-likeness (QED) is 0.581. The van der Waals surface area contributed by atoms with Crippen molar-refractivity contribution in [2.75, 3.05) is 41.7 Å². The molecule has 2 aromatic rings. The van der Waals surface area contributed by atoms with Gasteiger partial charge in [0.05, 0.1) is 25.8 Å². The summed E-state index contributed by atoms with van der Waals surface area (Å²) in [5, 5.41) is 1.67. The van der Waals surface area contributed by atoms with Gasteiger partial charge in [-0.1, -0.05) is 0 Å². The molecule has 3 aliphatic heterocycles. The predicted octanol–water partition coefficient (Wildman–Crippen LogP) is 3.19. The highest BCUT2D eigenvalue weighted by molar-refractivity contribution is 9.10. The Labute approximate surface area is 193 Å². The van der Waals surface area contributed by atoms with Gasteiger partial charge in [0.1, 0.15) is 5.56 Å². The molecule has 1 unspecified atom stereocenters. The Morgan fingerprint density at radius 1 is 1.03 bits per heavy atom. The van der Waals surface area contributed by atoms with Crippen LogP contribution in [0.1, 0.15) is 27.0 Å². The number of carbonyl (C=O) groups excluding carboxylic acids is 1. The lowest BCUT2D eigenvalue weighted by Gasteiger charge is -2.36. The summed E-state index contributed by atoms with van der Waals surface area (Å²) in [4.78, 5) is 19.3. The Hall–Kier alpha value is -2.69. The first-order chi connectivity index (χ1) is 15.4. The molecule has 0 radical (unpaired) electrons. The highest BCUT2D eigenvalue weighted by atomic mass is 79.9. The molecule has 3 aliphatic rings. The zero-order valence-electron chi connectivity index (χ0n) is 18.1. The van der Waals surface area contributed by atoms with E-state index in [4.69, 9.17) is 33.3 Å². The number of methoxy groups -OCH3 is 3. The lowest BCUT2D eigenvalue weighted by atomic mass is 9.90. The Morgan fingerprint density at radius 3 is 2.50 bits per heavy atom. The predicted molar refractivity (Wildman–Crippen MR) is 115 cm³/mol. The van der Waals surface area contributed by atoms with Gasteiger partial charge in [0, 0.05) is 31.1 Å². The topological polar surface area (TPSA) is 84.9 Å². The van der Waals surface area contributed by atoms with Crippen molar-refractivity contribution in [3.05, 3.63) is 38.9 Å². The van der Waals surface area contributed by atoms with Gasteiger partial charge >= 0.3 is 5.97 Å². The Kier molecular flexibility index (Phi) is 5.11. The van der Waals surface area contributed by atoms with Crippen LogP contribution in [0.15, 0.2) is 16.6 Å². The van der Waals surface area contributed by atoms with E-state index in [0.717, 1.165) is 15.6 Å². The lowest BCUT2D eigenvalue weighted by molar-refractivity contribution is -0.323. The number of carbonyl (C=O) groups is 1. The van der Waals surface area contributed by atoms with Crippen LogP contribution in [0.2, 0.25) is 0 Å². The molecule has 2 aromatic carbocycles. The average Bonchev–Trinajstić information content (AvgIpc) is 3.36. The lowest BCUT2D eigenvalue weighted by Crippen LogP contribution is -2.41. The summed E-state index contributed by atoms with van der Waals surface area (Å²) in [6, 6.07) is 3.50. The van der Waals surface area contributed by atoms with Crippen molar-refractivity contribution in [3.63, 3.8) is 0 Å². The van der Waals surface area contributed by atoms with E-state index in [1.165, 1.54) is 14.2 Å². The SMILES string of the molecule is COc1ccc2c(c1OC)C(=O)OC21Cc2c(c(Br)c3c(c2OC)OCO3)CCN(C)O1. The van der Waals surface area contributed by atoms with Crippen molar-refractivity contribution in [2.45, 2.75) is 18.6 Å². The van der Waals surface area contributed by atoms with E-state index in [2.05, 4.69) is 15.9 Å². The fraction of sp³-hybridized carbons (Fsp3) is 0.409. The maximum absolute atomic E-state index is 13.1. The third kappa shape index (κ3) is 2.93. The first-order valence-electron chi connectivity index (χ1n) is 10.00. The largest absolute Gasteiger partial charge is 0.493 e. The number of fused-ring (bicyclic) bond motifs is 4. The molecule has 0 saturated heterocycles. The highest BCUT2D eigenvalue weighted by Crippen LogP contribution is 2.54. The fourth-order valence-corrected chi connectivity index (χ4v) is 5.28. The summed E-state index contributed by atoms with van der Waals surface area (Å²) < 4.78 is 34.7. The summed E-state index contributed by atoms with van der Waals surface area (Å²) in [6.07, 6.45) is 0.849. The number of likely N-dealkylation sites (N-methyl/N-ethyl adjacent to an activating group) is 1. The second kappa shape index (κ2) is 7.72. The van der Waals surface area contributed by atoms with Gasteiger partial charge < -0.3 is 28.4 Å². The van der Waals surface area contributed by atoms with Crippen LogP contribution in [-0.4, -0.2) is 52.7 Å². The molecule has 9 nitrogen and oxygen atoms in total. The smallest absolute Gasteiger partial charge is 0.345 e. The third-order valence-electron chi connectivity index (χ3n) is 5.93. The molecule has 1 spiro atoms. The van der Waals surface area contributed by atoms with Crippen LogP contribution >= 0.6 is 15.9 Å². The Balaban J connectivity index is 1.74. The molecule has 3 heterocycles. The summed E-state index contributed by atoms with van der Waals surface area (Å²) in [7, 11) is 6.38. The first kappa shape index (κ1) is 21.2. The van der Waals surface area contributed by atoms with Crippen molar-refractivity contribution in [1.82, 2.24) is 5.06 Å². The van der Waals surface area contributed by atoms with E-state index in [-0.39, 0.29) is 18.8 Å². The van der Waals surface area contributed by atoms with Crippen LogP contribution in [-0.2, 0) is 28.2 Å². The van der Waals surface area contributed by atoms with Gasteiger partial charge in [-0.3, -0.25) is 0 Å². The van der Waals surface area contributed by atoms with E-state index >= 15 is 0 Å². The summed E-state index contributed by atoms with van der Waals surface area (Å²) in [5.41, 5.74) is 2.62. The molecule has 1 atom stereocenters. The molecule has 0 saturated carbocycles. The van der Waals surface area contributed by atoms with Crippen molar-refractivity contribution < 1.29 is 38.1 Å². The van der Waals surface area contributed by atoms with E-state index < -0.39 is 11.8 Å². The van der Waals surface area contributed by atoms with E-state index in [0.29, 0.717) is 47.3 Å². The molecule has 5 rings (SSSR count). The molecule has 0 aromatic heterocycles. The number of esters is 1. The number of ether oxygens (including phenoxy) is 6. The molecular weight excluding hydrogens is 486 g/mol. The molecule has 0 bridgehead atoms. The highest BCUT2D eigenvalue weighted by Gasteiger charge is 2.52. The Morgan fingerprint density at radius 2 is 1.78 bits per heavy atom. The van der Waals surface area contributed by atoms with Gasteiger partial charge in [0.2, 0.25) is 12.5 Å². The van der Waals surface area contributed by atoms with Gasteiger partial charge in [0.25, 0.3) is 5.79 Å². The number of nitrogens with zero attached hydrogens (tertiary/aromatic N) is 1. The zero-order chi connectivity index (χ0) is 22.6. The van der Waals surface area contributed by atoms with Gasteiger partial charge in [-0.25, -0.2) is 9.63 Å². The van der Waals surface area contributed by atoms with E-state index in [9.17, 15) is 4.79 Å². The van der Waals surface area contributed by atoms with E-state index in [1.807, 2.05) is 0 Å². The normalized spacial score (nSPS) is 21.5. The molecule has 10 heteroatoms. The van der Waals surface area contributed by atoms with Crippen LogP contribution in [0.5, 0.6) is 28.7 Å². The first-order valence-corrected chi connectivity index (χ1v) is 10.8. The van der Waals surface area contributed by atoms with Gasteiger partial charge in [-0.15, -0.1) is 0 Å². The number of hydroxylamine groups is 2. The number of hydrogen-bond acceptors (Lipinski definition) is 9. The van der Waals surface area contributed by atoms with Crippen molar-refractivity contribution in [1.29, 1.82) is 0 Å². The van der Waals surface area contributed by atoms with Crippen LogP contribution in [0.4, 0.5) is 0 Å². The maximum atomic E-state index is 13.1. The van der Waals surface area contributed by atoms with Crippen LogP contribution in [0, 0.1) is 0 Å². The molecule has 0 amide bonds. The fourth-order valence-electron chi connectivity index (χ4n) is 4.55. The van der Waals surface area contributed by atoms with Crippen LogP contribution in [0.3, 0.4) is 0 Å². The third-order valence-corrected chi connectivity index (χ3v) is 6.77. The minimum absolute atomic E-state index is 0.101. The van der Waals surface area contributed by atoms with Crippen molar-refractivity contribution >= 4 is 21.9 Å². The number of halogens is 1. The van der Waals surface area contributed by atoms with Crippen LogP contribution < -0.4 is 23.7 Å². The summed E-state index contributed by atoms with van der Waals surface area (Å²) in [5.74, 6) is 0.421. The van der Waals surface area contributed by atoms with Crippen molar-refractivity contribution in [2.24, 2.45) is 0 Å². The number of rotatable bonds is 3. The Bertz CT molecular complexity index is 1120. The molecular formula is C22H22BrNO8. The standard InChI is InChI=1S/C22H22BrNO8/c1-24-8-7-11-12(17(27-3)20-19(16(11)23)29-10-30-20)9-22(32-24)13-5-6-14(26-2)18(28-4)15(13)21(25)31-22/h5-6H,7-10H2,1-4H3. The minimum Gasteiger partial charge on any atom is -0.493 e. The van der Waals surface area contributed by atoms with Crippen LogP contribution in [0.25, 0.3) is 0 Å². The molecule has 0 N–H and O–H groups in total. The van der Waals surface area contributed by atoms with Gasteiger partial charge in [-0.05, 0) is 40.0 Å². The monoisotopic (exact) mass is 507 g/mol. The average molecular weight is 508 g/mol. The van der Waals surface area contributed by atoms with Crippen molar-refractivity contribution in [3.8, 4) is 28.7 Å². The summed E-state index contributed by atoms with van der Waals surface area (Å²) >= 11 is 3.68. The van der Waals surface area contributed by atoms with E-state index in [1.54, 1.807) is 31.4 Å². The van der Waals surface area contributed by atoms with Gasteiger partial charge in [0.15, 0.2) is 23.0 Å². The second-order valence-electron chi connectivity index (χ2n) is 7.60. The van der Waals surface area contributed by atoms with Gasteiger partial charge in [-0.2, -0.15) is 5.06 Å².